The van der Waals surface area contributed by atoms with Gasteiger partial charge in [0.25, 0.3) is 11.8 Å². The fraction of sp³-hybridized carbons (Fsp3) is 0.444. The zero-order valence-corrected chi connectivity index (χ0v) is 27.3. The number of ketones is 2. The van der Waals surface area contributed by atoms with Gasteiger partial charge in [-0.1, -0.05) is 6.42 Å². The molecular weight excluding hydrogens is 652 g/mol. The molecule has 4 aromatic rings. The van der Waals surface area contributed by atoms with Crippen LogP contribution in [0.3, 0.4) is 0 Å². The van der Waals surface area contributed by atoms with E-state index < -0.39 is 11.8 Å². The molecule has 0 aromatic carbocycles. The number of anilines is 2. The number of rotatable bonds is 12. The Morgan fingerprint density at radius 2 is 0.980 bits per heavy atom. The van der Waals surface area contributed by atoms with Crippen molar-refractivity contribution in [1.29, 1.82) is 0 Å². The average Bonchev–Trinajstić information content (AvgIpc) is 3.07. The van der Waals surface area contributed by atoms with Crippen LogP contribution in [0.2, 0.25) is 0 Å². The molecule has 2 atom stereocenters. The highest BCUT2D eigenvalue weighted by atomic mass is 19.3. The maximum Gasteiger partial charge on any atom is 0.282 e. The number of aromatic nitrogens is 6. The van der Waals surface area contributed by atoms with Crippen molar-refractivity contribution in [1.82, 2.24) is 30.4 Å². The third-order valence-electron chi connectivity index (χ3n) is 9.54. The summed E-state index contributed by atoms with van der Waals surface area (Å²) in [6.45, 7) is -1.27. The van der Waals surface area contributed by atoms with Gasteiger partial charge in [0, 0.05) is 36.1 Å². The Kier molecular flexibility index (Phi) is 9.27. The van der Waals surface area contributed by atoms with Crippen LogP contribution in [-0.4, -0.2) is 80.0 Å². The quantitative estimate of drug-likeness (QED) is 0.186. The summed E-state index contributed by atoms with van der Waals surface area (Å²) in [5, 5.41) is 17.6. The van der Waals surface area contributed by atoms with Crippen molar-refractivity contribution in [2.75, 3.05) is 36.0 Å². The van der Waals surface area contributed by atoms with Gasteiger partial charge in [0.05, 0.1) is 85.6 Å². The molecule has 4 aromatic heterocycles. The molecule has 0 N–H and O–H groups in total. The van der Waals surface area contributed by atoms with E-state index in [2.05, 4.69) is 30.4 Å². The maximum atomic E-state index is 13.1. The van der Waals surface area contributed by atoms with E-state index in [0.717, 1.165) is 37.1 Å². The van der Waals surface area contributed by atoms with Crippen LogP contribution in [0.4, 0.5) is 28.9 Å². The summed E-state index contributed by atoms with van der Waals surface area (Å²) in [5.74, 6) is -5.05. The lowest BCUT2D eigenvalue weighted by atomic mass is 9.78. The Balaban J connectivity index is 0.866. The molecular formula is C36H36F4N8O2. The molecule has 0 spiro atoms. The largest absolute Gasteiger partial charge is 0.358 e. The Hall–Kier alpha value is -4.88. The molecule has 50 heavy (non-hydrogen) atoms. The second-order valence-corrected chi connectivity index (χ2v) is 13.7. The van der Waals surface area contributed by atoms with Gasteiger partial charge in [-0.15, -0.1) is 0 Å². The van der Waals surface area contributed by atoms with Gasteiger partial charge in [0.2, 0.25) is 0 Å². The number of pyridine rings is 2. The third-order valence-corrected chi connectivity index (χ3v) is 9.54. The van der Waals surface area contributed by atoms with Gasteiger partial charge >= 0.3 is 0 Å². The summed E-state index contributed by atoms with van der Waals surface area (Å²) in [5.41, 5.74) is 5.29. The Morgan fingerprint density at radius 1 is 0.580 bits per heavy atom. The van der Waals surface area contributed by atoms with Gasteiger partial charge in [0.15, 0.2) is 0 Å². The third kappa shape index (κ3) is 8.11. The van der Waals surface area contributed by atoms with E-state index >= 15 is 0 Å². The van der Waals surface area contributed by atoms with Crippen LogP contribution in [0.25, 0.3) is 0 Å². The second kappa shape index (κ2) is 13.8. The minimum Gasteiger partial charge on any atom is -0.358 e. The number of carbonyl (C=O) groups excluding carboxylic acids is 2. The molecule has 1 saturated carbocycles. The molecule has 0 unspecified atom stereocenters. The summed E-state index contributed by atoms with van der Waals surface area (Å²) in [6, 6.07) is 14.4. The summed E-state index contributed by atoms with van der Waals surface area (Å²) < 4.78 is 52.6. The summed E-state index contributed by atoms with van der Waals surface area (Å²) in [6.07, 6.45) is 7.32. The lowest BCUT2D eigenvalue weighted by molar-refractivity contribution is -0.118. The molecule has 2 saturated heterocycles. The van der Waals surface area contributed by atoms with Gasteiger partial charge in [-0.25, -0.2) is 17.6 Å². The number of Topliss-reactive ketones (excluding diaryl/α,β-unsaturated/α-hetero) is 2. The first-order valence-electron chi connectivity index (χ1n) is 16.8. The maximum absolute atomic E-state index is 13.1. The van der Waals surface area contributed by atoms with Crippen LogP contribution in [0.15, 0.2) is 60.9 Å². The molecule has 14 heteroatoms. The topological polar surface area (TPSA) is 118 Å². The highest BCUT2D eigenvalue weighted by Crippen LogP contribution is 2.40. The number of nitrogens with zero attached hydrogens (tertiary/aromatic N) is 8. The van der Waals surface area contributed by atoms with Gasteiger partial charge < -0.3 is 9.80 Å². The van der Waals surface area contributed by atoms with Crippen LogP contribution < -0.4 is 9.80 Å². The van der Waals surface area contributed by atoms with E-state index in [0.29, 0.717) is 34.2 Å². The summed E-state index contributed by atoms with van der Waals surface area (Å²) in [4.78, 5) is 37.0. The van der Waals surface area contributed by atoms with Gasteiger partial charge in [-0.05, 0) is 67.8 Å². The van der Waals surface area contributed by atoms with Crippen molar-refractivity contribution in [3.63, 3.8) is 0 Å². The van der Waals surface area contributed by atoms with E-state index in [1.807, 2.05) is 24.3 Å². The molecule has 0 radical (unpaired) electrons. The van der Waals surface area contributed by atoms with Crippen LogP contribution in [-0.2, 0) is 35.3 Å². The van der Waals surface area contributed by atoms with Crippen molar-refractivity contribution >= 4 is 22.9 Å². The molecule has 3 aliphatic rings. The molecule has 3 fully saturated rings. The smallest absolute Gasteiger partial charge is 0.282 e. The number of alkyl halides is 4. The Labute approximate surface area is 286 Å². The zero-order valence-electron chi connectivity index (χ0n) is 27.3. The molecule has 7 rings (SSSR count). The van der Waals surface area contributed by atoms with Crippen LogP contribution >= 0.6 is 0 Å². The van der Waals surface area contributed by atoms with E-state index in [4.69, 9.17) is 0 Å². The van der Waals surface area contributed by atoms with Crippen molar-refractivity contribution in [2.24, 2.45) is 0 Å². The van der Waals surface area contributed by atoms with Crippen molar-refractivity contribution in [2.45, 2.75) is 75.0 Å². The highest BCUT2D eigenvalue weighted by molar-refractivity contribution is 5.83. The first-order valence-corrected chi connectivity index (χ1v) is 16.8. The number of halogens is 4. The number of carbonyl (C=O) groups is 2. The molecule has 0 amide bonds. The fourth-order valence-corrected chi connectivity index (χ4v) is 6.83. The highest BCUT2D eigenvalue weighted by Gasteiger charge is 2.44. The number of hydrogen-bond acceptors (Lipinski definition) is 10. The Morgan fingerprint density at radius 3 is 1.32 bits per heavy atom. The van der Waals surface area contributed by atoms with Gasteiger partial charge in [0.1, 0.15) is 11.6 Å². The minimum absolute atomic E-state index is 0.0612. The summed E-state index contributed by atoms with van der Waals surface area (Å²) in [7, 11) is 0. The number of hydrogen-bond donors (Lipinski definition) is 0. The zero-order chi connectivity index (χ0) is 34.9. The van der Waals surface area contributed by atoms with Crippen molar-refractivity contribution in [3.05, 3.63) is 95.1 Å². The fourth-order valence-electron chi connectivity index (χ4n) is 6.83. The molecule has 2 aliphatic heterocycles. The van der Waals surface area contributed by atoms with Gasteiger partial charge in [-0.2, -0.15) is 20.4 Å². The van der Waals surface area contributed by atoms with E-state index in [1.54, 1.807) is 34.1 Å². The predicted octanol–water partition coefficient (Wildman–Crippen LogP) is 5.12. The van der Waals surface area contributed by atoms with E-state index in [9.17, 15) is 27.2 Å². The van der Waals surface area contributed by atoms with Crippen LogP contribution in [0, 0.1) is 0 Å². The minimum atomic E-state index is -2.66. The summed E-state index contributed by atoms with van der Waals surface area (Å²) >= 11 is 0. The SMILES string of the molecule is O=C(Cc1ccc(N2CC(F)(F)C2)cn1)Cc1ccc([C@H]2CCC[C@H](c3ccc(CC(=O)Cc4ccc(N5CC(F)(F)C5)cn4)nn3)C2)nn1. The van der Waals surface area contributed by atoms with Crippen LogP contribution in [0.1, 0.15) is 71.7 Å². The monoisotopic (exact) mass is 688 g/mol. The molecule has 10 nitrogen and oxygen atoms in total. The lowest BCUT2D eigenvalue weighted by Crippen LogP contribution is -2.56. The van der Waals surface area contributed by atoms with Crippen molar-refractivity contribution < 1.29 is 27.2 Å². The molecule has 0 bridgehead atoms. The normalized spacial score (nSPS) is 20.9. The Bertz CT molecular complexity index is 1670. The predicted molar refractivity (Wildman–Crippen MR) is 176 cm³/mol. The first kappa shape index (κ1) is 33.6. The molecule has 260 valence electrons. The molecule has 6 heterocycles. The molecule has 1 aliphatic carbocycles. The standard InChI is InChI=1S/C36H36F4N8O2/c37-35(38)19-47(20-35)29-8-4-25(41-17-29)13-31(49)15-27-6-10-33(45-43-27)23-2-1-3-24(12-23)34-11-7-28(44-46-34)16-32(50)14-26-5-9-30(18-42-26)48-21-36(39,40)22-48/h4-11,17-18,23-24H,1-3,12-16,19-22H2/t23-,24-/m0/s1. The second-order valence-electron chi connectivity index (χ2n) is 13.7. The average molecular weight is 689 g/mol. The lowest BCUT2D eigenvalue weighted by Gasteiger charge is -2.40. The van der Waals surface area contributed by atoms with E-state index in [-0.39, 0.29) is 75.3 Å². The van der Waals surface area contributed by atoms with Gasteiger partial charge in [-0.3, -0.25) is 19.6 Å². The first-order chi connectivity index (χ1) is 24.0. The van der Waals surface area contributed by atoms with Crippen LogP contribution in [0.5, 0.6) is 0 Å². The van der Waals surface area contributed by atoms with Crippen molar-refractivity contribution in [3.8, 4) is 0 Å². The van der Waals surface area contributed by atoms with E-state index in [1.165, 1.54) is 12.4 Å².